The summed E-state index contributed by atoms with van der Waals surface area (Å²) in [7, 11) is 0. The number of H-pyrrole nitrogens is 1. The number of nitrogens with one attached hydrogen (secondary N) is 2. The van der Waals surface area contributed by atoms with Gasteiger partial charge in [0.05, 0.1) is 5.69 Å². The van der Waals surface area contributed by atoms with E-state index in [0.29, 0.717) is 5.13 Å². The number of nitrogens with zero attached hydrogens (tertiary/aromatic N) is 4. The molecule has 0 saturated carbocycles. The van der Waals surface area contributed by atoms with Crippen LogP contribution >= 0.6 is 11.3 Å². The van der Waals surface area contributed by atoms with E-state index < -0.39 is 5.91 Å². The Morgan fingerprint density at radius 2 is 2.33 bits per heavy atom. The number of hydrogen-bond donors (Lipinski definition) is 2. The van der Waals surface area contributed by atoms with Gasteiger partial charge < -0.3 is 0 Å². The summed E-state index contributed by atoms with van der Waals surface area (Å²) in [4.78, 5) is 16.2. The molecular formula is C13H12N6OS. The molecule has 0 radical (unpaired) electrons. The van der Waals surface area contributed by atoms with Crippen LogP contribution < -0.4 is 5.32 Å². The minimum absolute atomic E-state index is 0.0553. The smallest absolute Gasteiger partial charge is 0.295 e. The number of thiazole rings is 1. The van der Waals surface area contributed by atoms with Crippen molar-refractivity contribution < 1.29 is 4.79 Å². The van der Waals surface area contributed by atoms with Crippen LogP contribution in [-0.2, 0) is 6.42 Å². The van der Waals surface area contributed by atoms with Crippen LogP contribution in [0.2, 0.25) is 0 Å². The summed E-state index contributed by atoms with van der Waals surface area (Å²) in [5.41, 5.74) is 3.12. The Bertz CT molecular complexity index is 752. The van der Waals surface area contributed by atoms with E-state index in [2.05, 4.69) is 50.0 Å². The molecule has 2 aromatic heterocycles. The molecule has 1 aromatic carbocycles. The second-order valence-electron chi connectivity index (χ2n) is 4.30. The first-order valence-electron chi connectivity index (χ1n) is 6.36. The van der Waals surface area contributed by atoms with Crippen LogP contribution in [0, 0.1) is 0 Å². The predicted octanol–water partition coefficient (Wildman–Crippen LogP) is 2.14. The van der Waals surface area contributed by atoms with Gasteiger partial charge in [-0.25, -0.2) is 10.1 Å². The van der Waals surface area contributed by atoms with E-state index in [0.717, 1.165) is 17.7 Å². The number of benzene rings is 1. The van der Waals surface area contributed by atoms with Gasteiger partial charge in [-0.3, -0.25) is 10.1 Å². The molecule has 21 heavy (non-hydrogen) atoms. The van der Waals surface area contributed by atoms with Gasteiger partial charge >= 0.3 is 0 Å². The molecule has 0 unspecified atom stereocenters. The minimum Gasteiger partial charge on any atom is -0.295 e. The molecule has 3 aromatic rings. The van der Waals surface area contributed by atoms with E-state index in [4.69, 9.17) is 0 Å². The van der Waals surface area contributed by atoms with Crippen LogP contribution in [0.5, 0.6) is 0 Å². The number of anilines is 1. The van der Waals surface area contributed by atoms with Crippen LogP contribution in [-0.4, -0.2) is 31.5 Å². The Hall–Kier alpha value is -2.61. The number of carbonyl (C=O) groups is 1. The molecule has 1 amide bonds. The van der Waals surface area contributed by atoms with Crippen LogP contribution in [0.1, 0.15) is 23.1 Å². The number of aromatic amines is 1. The topological polar surface area (TPSA) is 96.5 Å². The monoisotopic (exact) mass is 300 g/mol. The highest BCUT2D eigenvalue weighted by atomic mass is 32.1. The van der Waals surface area contributed by atoms with Gasteiger partial charge in [0.2, 0.25) is 5.82 Å². The Balaban J connectivity index is 1.78. The third-order valence-electron chi connectivity index (χ3n) is 2.92. The normalized spacial score (nSPS) is 10.5. The highest BCUT2D eigenvalue weighted by Gasteiger charge is 2.12. The van der Waals surface area contributed by atoms with E-state index in [-0.39, 0.29) is 5.82 Å². The van der Waals surface area contributed by atoms with Gasteiger partial charge in [0.1, 0.15) is 0 Å². The minimum atomic E-state index is -0.414. The summed E-state index contributed by atoms with van der Waals surface area (Å²) >= 11 is 1.36. The molecule has 0 aliphatic carbocycles. The maximum atomic E-state index is 11.8. The van der Waals surface area contributed by atoms with E-state index in [9.17, 15) is 4.79 Å². The fourth-order valence-electron chi connectivity index (χ4n) is 1.83. The van der Waals surface area contributed by atoms with Crippen LogP contribution in [0.15, 0.2) is 29.6 Å². The molecule has 0 atom stereocenters. The van der Waals surface area contributed by atoms with Crippen molar-refractivity contribution in [3.8, 4) is 11.3 Å². The molecule has 0 saturated heterocycles. The average Bonchev–Trinajstić information content (AvgIpc) is 3.18. The Labute approximate surface area is 124 Å². The quantitative estimate of drug-likeness (QED) is 0.769. The maximum Gasteiger partial charge on any atom is 0.296 e. The van der Waals surface area contributed by atoms with Crippen molar-refractivity contribution in [3.05, 3.63) is 41.0 Å². The van der Waals surface area contributed by atoms with Crippen molar-refractivity contribution in [2.45, 2.75) is 13.3 Å². The average molecular weight is 300 g/mol. The molecule has 0 aliphatic heterocycles. The van der Waals surface area contributed by atoms with Gasteiger partial charge in [-0.15, -0.1) is 16.4 Å². The number of tetrazole rings is 1. The van der Waals surface area contributed by atoms with Gasteiger partial charge in [0.15, 0.2) is 5.13 Å². The van der Waals surface area contributed by atoms with Crippen molar-refractivity contribution in [3.63, 3.8) is 0 Å². The van der Waals surface area contributed by atoms with Gasteiger partial charge in [0, 0.05) is 10.9 Å². The Morgan fingerprint density at radius 3 is 3.10 bits per heavy atom. The summed E-state index contributed by atoms with van der Waals surface area (Å²) in [6.45, 7) is 2.11. The van der Waals surface area contributed by atoms with E-state index in [1.165, 1.54) is 16.9 Å². The first-order valence-corrected chi connectivity index (χ1v) is 7.24. The second-order valence-corrected chi connectivity index (χ2v) is 5.15. The first kappa shape index (κ1) is 13.4. The number of carbonyl (C=O) groups excluding carboxylic acids is 1. The van der Waals surface area contributed by atoms with Crippen molar-refractivity contribution >= 4 is 22.4 Å². The van der Waals surface area contributed by atoms with Crippen LogP contribution in [0.25, 0.3) is 11.3 Å². The highest BCUT2D eigenvalue weighted by molar-refractivity contribution is 7.14. The summed E-state index contributed by atoms with van der Waals surface area (Å²) in [6.07, 6.45) is 0.972. The van der Waals surface area contributed by atoms with Crippen molar-refractivity contribution in [1.29, 1.82) is 0 Å². The summed E-state index contributed by atoms with van der Waals surface area (Å²) in [5, 5.41) is 17.7. The van der Waals surface area contributed by atoms with Gasteiger partial charge in [0.25, 0.3) is 5.91 Å². The molecule has 106 valence electrons. The molecule has 0 bridgehead atoms. The first-order chi connectivity index (χ1) is 10.3. The molecule has 3 rings (SSSR count). The Kier molecular flexibility index (Phi) is 3.69. The molecule has 0 spiro atoms. The summed E-state index contributed by atoms with van der Waals surface area (Å²) < 4.78 is 0. The number of hydrogen-bond acceptors (Lipinski definition) is 6. The number of amides is 1. The molecular weight excluding hydrogens is 288 g/mol. The third kappa shape index (κ3) is 2.95. The fourth-order valence-corrected chi connectivity index (χ4v) is 2.54. The van der Waals surface area contributed by atoms with Crippen molar-refractivity contribution in [1.82, 2.24) is 25.6 Å². The Morgan fingerprint density at radius 1 is 1.43 bits per heavy atom. The molecule has 0 aliphatic rings. The van der Waals surface area contributed by atoms with Crippen LogP contribution in [0.3, 0.4) is 0 Å². The van der Waals surface area contributed by atoms with Gasteiger partial charge in [-0.2, -0.15) is 0 Å². The lowest BCUT2D eigenvalue weighted by Gasteiger charge is -2.00. The SMILES string of the molecule is CCc1cccc(-c2csc(NC(=O)c3nnn[nH]3)n2)c1. The van der Waals surface area contributed by atoms with E-state index in [1.807, 2.05) is 17.5 Å². The predicted molar refractivity (Wildman–Crippen MR) is 79.1 cm³/mol. The zero-order valence-corrected chi connectivity index (χ0v) is 12.0. The molecule has 2 N–H and O–H groups in total. The zero-order valence-electron chi connectivity index (χ0n) is 11.2. The standard InChI is InChI=1S/C13H12N6OS/c1-2-8-4-3-5-9(6-8)10-7-21-13(14-10)15-12(20)11-16-18-19-17-11/h3-7H,2H2,1H3,(H,14,15,20)(H,16,17,18,19). The van der Waals surface area contributed by atoms with Gasteiger partial charge in [-0.05, 0) is 28.5 Å². The van der Waals surface area contributed by atoms with Crippen molar-refractivity contribution in [2.75, 3.05) is 5.32 Å². The second kappa shape index (κ2) is 5.80. The maximum absolute atomic E-state index is 11.8. The number of aromatic nitrogens is 5. The largest absolute Gasteiger partial charge is 0.296 e. The van der Waals surface area contributed by atoms with Crippen molar-refractivity contribution in [2.24, 2.45) is 0 Å². The fraction of sp³-hybridized carbons (Fsp3) is 0.154. The number of rotatable bonds is 4. The molecule has 7 nitrogen and oxygen atoms in total. The lowest BCUT2D eigenvalue weighted by molar-refractivity contribution is 0.101. The highest BCUT2D eigenvalue weighted by Crippen LogP contribution is 2.25. The summed E-state index contributed by atoms with van der Waals surface area (Å²) in [6, 6.07) is 8.18. The van der Waals surface area contributed by atoms with E-state index in [1.54, 1.807) is 0 Å². The molecule has 0 fully saturated rings. The van der Waals surface area contributed by atoms with E-state index >= 15 is 0 Å². The van der Waals surface area contributed by atoms with Gasteiger partial charge in [-0.1, -0.05) is 25.1 Å². The lowest BCUT2D eigenvalue weighted by Crippen LogP contribution is -2.13. The molecule has 2 heterocycles. The van der Waals surface area contributed by atoms with Crippen LogP contribution in [0.4, 0.5) is 5.13 Å². The number of aryl methyl sites for hydroxylation is 1. The molecule has 8 heteroatoms. The lowest BCUT2D eigenvalue weighted by atomic mass is 10.1. The zero-order chi connectivity index (χ0) is 14.7. The summed E-state index contributed by atoms with van der Waals surface area (Å²) in [5.74, 6) is -0.358. The third-order valence-corrected chi connectivity index (χ3v) is 3.67.